The zero-order chi connectivity index (χ0) is 19.9. The molecule has 6 heteroatoms. The average molecular weight is 403 g/mol. The molecule has 0 bridgehead atoms. The van der Waals surface area contributed by atoms with Gasteiger partial charge in [0.25, 0.3) is 5.91 Å². The number of nitrogens with one attached hydrogen (secondary N) is 1. The van der Waals surface area contributed by atoms with Crippen molar-refractivity contribution in [2.24, 2.45) is 0 Å². The van der Waals surface area contributed by atoms with Crippen LogP contribution in [-0.4, -0.2) is 68.5 Å². The fourth-order valence-electron chi connectivity index (χ4n) is 4.89. The van der Waals surface area contributed by atoms with Crippen LogP contribution in [-0.2, 0) is 9.47 Å². The Balaban J connectivity index is 1.35. The van der Waals surface area contributed by atoms with Crippen molar-refractivity contribution in [2.75, 3.05) is 46.1 Å². The third-order valence-corrected chi connectivity index (χ3v) is 6.60. The van der Waals surface area contributed by atoms with Crippen molar-refractivity contribution in [3.05, 3.63) is 29.8 Å². The topological polar surface area (TPSA) is 60.0 Å². The average Bonchev–Trinajstić information content (AvgIpc) is 3.31. The lowest BCUT2D eigenvalue weighted by atomic mass is 9.79. The minimum atomic E-state index is -0.0224. The van der Waals surface area contributed by atoms with Gasteiger partial charge in [0.2, 0.25) is 0 Å². The number of rotatable bonds is 7. The highest BCUT2D eigenvalue weighted by molar-refractivity contribution is 5.94. The van der Waals surface area contributed by atoms with Gasteiger partial charge in [0.1, 0.15) is 12.4 Å². The minimum absolute atomic E-state index is 0.0224. The number of carbonyl (C=O) groups excluding carboxylic acids is 1. The minimum Gasteiger partial charge on any atom is -0.491 e. The summed E-state index contributed by atoms with van der Waals surface area (Å²) in [4.78, 5) is 15.4. The van der Waals surface area contributed by atoms with E-state index in [9.17, 15) is 4.79 Å². The van der Waals surface area contributed by atoms with Crippen LogP contribution in [0.25, 0.3) is 0 Å². The molecular weight excluding hydrogens is 368 g/mol. The number of benzene rings is 1. The predicted octanol–water partition coefficient (Wildman–Crippen LogP) is 3.01. The van der Waals surface area contributed by atoms with Crippen molar-refractivity contribution in [1.29, 1.82) is 0 Å². The van der Waals surface area contributed by atoms with Gasteiger partial charge in [-0.2, -0.15) is 0 Å². The van der Waals surface area contributed by atoms with E-state index in [-0.39, 0.29) is 17.6 Å². The standard InChI is InChI=1S/C23H34N2O4/c26-22(19-6-4-7-20(16-19)29-17-21-8-5-13-28-21)24-18-23(9-2-1-3-10-23)25-11-14-27-15-12-25/h4,6-7,16,21H,1-3,5,8-15,17-18H2,(H,24,26). The smallest absolute Gasteiger partial charge is 0.251 e. The highest BCUT2D eigenvalue weighted by Gasteiger charge is 2.38. The van der Waals surface area contributed by atoms with E-state index in [1.807, 2.05) is 24.3 Å². The van der Waals surface area contributed by atoms with E-state index in [1.165, 1.54) is 19.3 Å². The van der Waals surface area contributed by atoms with Crippen LogP contribution in [0.1, 0.15) is 55.3 Å². The maximum Gasteiger partial charge on any atom is 0.251 e. The molecule has 2 saturated heterocycles. The Bertz CT molecular complexity index is 663. The number of amides is 1. The van der Waals surface area contributed by atoms with E-state index >= 15 is 0 Å². The van der Waals surface area contributed by atoms with Crippen LogP contribution in [0.3, 0.4) is 0 Å². The maximum atomic E-state index is 12.9. The molecule has 0 spiro atoms. The number of carbonyl (C=O) groups is 1. The monoisotopic (exact) mass is 402 g/mol. The molecule has 6 nitrogen and oxygen atoms in total. The lowest BCUT2D eigenvalue weighted by Crippen LogP contribution is -2.59. The van der Waals surface area contributed by atoms with Crippen molar-refractivity contribution in [2.45, 2.75) is 56.6 Å². The number of ether oxygens (including phenoxy) is 3. The summed E-state index contributed by atoms with van der Waals surface area (Å²) in [6.07, 6.45) is 8.39. The molecule has 4 rings (SSSR count). The fourth-order valence-corrected chi connectivity index (χ4v) is 4.89. The SMILES string of the molecule is O=C(NCC1(N2CCOCC2)CCCCC1)c1cccc(OCC2CCCO2)c1. The second kappa shape index (κ2) is 9.92. The van der Waals surface area contributed by atoms with E-state index in [4.69, 9.17) is 14.2 Å². The van der Waals surface area contributed by atoms with Gasteiger partial charge in [0, 0.05) is 37.3 Å². The molecule has 1 aliphatic carbocycles. The van der Waals surface area contributed by atoms with Gasteiger partial charge < -0.3 is 19.5 Å². The first kappa shape index (κ1) is 20.6. The first-order valence-electron chi connectivity index (χ1n) is 11.2. The van der Waals surface area contributed by atoms with Crippen LogP contribution in [0.4, 0.5) is 0 Å². The predicted molar refractivity (Wildman–Crippen MR) is 111 cm³/mol. The zero-order valence-electron chi connectivity index (χ0n) is 17.4. The van der Waals surface area contributed by atoms with E-state index in [1.54, 1.807) is 0 Å². The van der Waals surface area contributed by atoms with Crippen molar-refractivity contribution in [1.82, 2.24) is 10.2 Å². The summed E-state index contributed by atoms with van der Waals surface area (Å²) in [7, 11) is 0. The zero-order valence-corrected chi connectivity index (χ0v) is 17.4. The van der Waals surface area contributed by atoms with E-state index in [0.717, 1.165) is 64.3 Å². The van der Waals surface area contributed by atoms with Crippen LogP contribution >= 0.6 is 0 Å². The number of hydrogen-bond acceptors (Lipinski definition) is 5. The molecule has 1 unspecified atom stereocenters. The number of hydrogen-bond donors (Lipinski definition) is 1. The molecule has 1 aromatic carbocycles. The van der Waals surface area contributed by atoms with Crippen LogP contribution in [0.5, 0.6) is 5.75 Å². The Morgan fingerprint density at radius 2 is 1.97 bits per heavy atom. The first-order chi connectivity index (χ1) is 14.3. The van der Waals surface area contributed by atoms with Gasteiger partial charge in [-0.25, -0.2) is 0 Å². The molecule has 1 aromatic rings. The van der Waals surface area contributed by atoms with E-state index in [0.29, 0.717) is 18.7 Å². The van der Waals surface area contributed by atoms with Crippen molar-refractivity contribution < 1.29 is 19.0 Å². The quantitative estimate of drug-likeness (QED) is 0.760. The van der Waals surface area contributed by atoms with Gasteiger partial charge in [-0.3, -0.25) is 9.69 Å². The highest BCUT2D eigenvalue weighted by atomic mass is 16.5. The summed E-state index contributed by atoms with van der Waals surface area (Å²) in [6.45, 7) is 5.57. The van der Waals surface area contributed by atoms with E-state index in [2.05, 4.69) is 10.2 Å². The van der Waals surface area contributed by atoms with Crippen LogP contribution in [0, 0.1) is 0 Å². The second-order valence-corrected chi connectivity index (χ2v) is 8.54. The molecule has 29 heavy (non-hydrogen) atoms. The Morgan fingerprint density at radius 3 is 2.72 bits per heavy atom. The van der Waals surface area contributed by atoms with Gasteiger partial charge in [-0.1, -0.05) is 25.3 Å². The van der Waals surface area contributed by atoms with Gasteiger partial charge in [0.15, 0.2) is 0 Å². The fraction of sp³-hybridized carbons (Fsp3) is 0.696. The molecule has 2 heterocycles. The molecule has 1 atom stereocenters. The summed E-state index contributed by atoms with van der Waals surface area (Å²) in [5, 5.41) is 3.23. The summed E-state index contributed by atoms with van der Waals surface area (Å²) in [5.74, 6) is 0.708. The lowest BCUT2D eigenvalue weighted by Gasteiger charge is -2.48. The molecule has 1 amide bonds. The summed E-state index contributed by atoms with van der Waals surface area (Å²) >= 11 is 0. The van der Waals surface area contributed by atoms with Gasteiger partial charge >= 0.3 is 0 Å². The maximum absolute atomic E-state index is 12.9. The highest BCUT2D eigenvalue weighted by Crippen LogP contribution is 2.34. The largest absolute Gasteiger partial charge is 0.491 e. The molecule has 3 fully saturated rings. The second-order valence-electron chi connectivity index (χ2n) is 8.54. The third-order valence-electron chi connectivity index (χ3n) is 6.60. The van der Waals surface area contributed by atoms with E-state index < -0.39 is 0 Å². The van der Waals surface area contributed by atoms with Gasteiger partial charge in [0.05, 0.1) is 19.3 Å². The van der Waals surface area contributed by atoms with Crippen molar-refractivity contribution >= 4 is 5.91 Å². The van der Waals surface area contributed by atoms with Crippen LogP contribution in [0.15, 0.2) is 24.3 Å². The Labute approximate surface area is 173 Å². The normalized spacial score (nSPS) is 24.9. The van der Waals surface area contributed by atoms with Crippen LogP contribution in [0.2, 0.25) is 0 Å². The molecule has 2 aliphatic heterocycles. The van der Waals surface area contributed by atoms with Crippen molar-refractivity contribution in [3.8, 4) is 5.75 Å². The molecule has 0 aromatic heterocycles. The van der Waals surface area contributed by atoms with Crippen LogP contribution < -0.4 is 10.1 Å². The molecule has 1 N–H and O–H groups in total. The Morgan fingerprint density at radius 1 is 1.14 bits per heavy atom. The molecular formula is C23H34N2O4. The summed E-state index contributed by atoms with van der Waals surface area (Å²) in [5.41, 5.74) is 0.730. The summed E-state index contributed by atoms with van der Waals surface area (Å²) in [6, 6.07) is 7.49. The third kappa shape index (κ3) is 5.30. The van der Waals surface area contributed by atoms with Gasteiger partial charge in [-0.15, -0.1) is 0 Å². The summed E-state index contributed by atoms with van der Waals surface area (Å²) < 4.78 is 17.0. The molecule has 3 aliphatic rings. The lowest BCUT2D eigenvalue weighted by molar-refractivity contribution is -0.0361. The first-order valence-corrected chi connectivity index (χ1v) is 11.2. The Kier molecular flexibility index (Phi) is 7.06. The number of morpholine rings is 1. The molecule has 1 saturated carbocycles. The number of nitrogens with zero attached hydrogens (tertiary/aromatic N) is 1. The van der Waals surface area contributed by atoms with Gasteiger partial charge in [-0.05, 0) is 43.9 Å². The van der Waals surface area contributed by atoms with Crippen molar-refractivity contribution in [3.63, 3.8) is 0 Å². The molecule has 0 radical (unpaired) electrons. The molecule has 160 valence electrons. The Hall–Kier alpha value is -1.63.